The summed E-state index contributed by atoms with van der Waals surface area (Å²) in [5.41, 5.74) is 2.01. The highest BCUT2D eigenvalue weighted by molar-refractivity contribution is 6.05. The number of amides is 2. The number of nitriles is 1. The lowest BCUT2D eigenvalue weighted by atomic mass is 9.75. The predicted octanol–water partition coefficient (Wildman–Crippen LogP) is 3.89. The van der Waals surface area contributed by atoms with Crippen LogP contribution in [-0.4, -0.2) is 61.5 Å². The minimum Gasteiger partial charge on any atom is -0.444 e. The van der Waals surface area contributed by atoms with Gasteiger partial charge in [-0.3, -0.25) is 9.48 Å². The van der Waals surface area contributed by atoms with Crippen LogP contribution in [0.2, 0.25) is 0 Å². The number of hydrogen-bond donors (Lipinski definition) is 0. The maximum absolute atomic E-state index is 13.6. The second-order valence-corrected chi connectivity index (χ2v) is 11.6. The molecule has 0 spiro atoms. The highest BCUT2D eigenvalue weighted by Gasteiger charge is 2.61. The standard InChI is InChI=1S/C27H31N7O3/c1-17-11-32(24(35)27(17,16-28)20-5-6-20)22-7-8-29-34-12-18(9-23(22)34)19-10-30-33(13-19)21-14-31(15-21)25(36)37-26(2,3)4/h7-10,12-13,17,20-21H,5-6,11,14-15H2,1-4H3/t17-,27+/m1/s1. The number of nitrogens with zero attached hydrogens (tertiary/aromatic N) is 7. The molecule has 0 aromatic carbocycles. The first-order valence-corrected chi connectivity index (χ1v) is 12.8. The normalized spacial score (nSPS) is 24.4. The second kappa shape index (κ2) is 8.07. The zero-order valence-corrected chi connectivity index (χ0v) is 21.6. The molecule has 10 nitrogen and oxygen atoms in total. The molecule has 2 atom stereocenters. The van der Waals surface area contributed by atoms with E-state index in [2.05, 4.69) is 16.3 Å². The molecule has 3 aromatic heterocycles. The minimum atomic E-state index is -0.924. The van der Waals surface area contributed by atoms with Gasteiger partial charge in [-0.2, -0.15) is 15.5 Å². The third-order valence-electron chi connectivity index (χ3n) is 7.84. The Labute approximate surface area is 215 Å². The maximum Gasteiger partial charge on any atom is 0.410 e. The molecule has 3 aromatic rings. The molecule has 3 fully saturated rings. The van der Waals surface area contributed by atoms with Crippen LogP contribution in [0.3, 0.4) is 0 Å². The van der Waals surface area contributed by atoms with Gasteiger partial charge in [0.15, 0.2) is 0 Å². The predicted molar refractivity (Wildman–Crippen MR) is 136 cm³/mol. The SMILES string of the molecule is C[C@@H]1CN(c2ccnn3cc(-c4cnn(C5CN(C(=O)OC(C)(C)C)C5)c4)cc23)C(=O)[C@]1(C#N)C1CC1. The number of aromatic nitrogens is 4. The molecule has 192 valence electrons. The summed E-state index contributed by atoms with van der Waals surface area (Å²) in [5.74, 6) is 0.0445. The molecular formula is C27H31N7O3. The number of fused-ring (bicyclic) bond motifs is 1. The minimum absolute atomic E-state index is 0.0268. The number of likely N-dealkylation sites (tertiary alicyclic amines) is 1. The van der Waals surface area contributed by atoms with Gasteiger partial charge in [-0.25, -0.2) is 9.31 Å². The maximum atomic E-state index is 13.6. The van der Waals surface area contributed by atoms with E-state index in [1.165, 1.54) is 0 Å². The molecular weight excluding hydrogens is 470 g/mol. The molecule has 1 saturated carbocycles. The molecule has 0 radical (unpaired) electrons. The Morgan fingerprint density at radius 2 is 1.92 bits per heavy atom. The molecule has 2 aliphatic heterocycles. The fraction of sp³-hybridized carbons (Fsp3) is 0.519. The van der Waals surface area contributed by atoms with E-state index in [-0.39, 0.29) is 29.9 Å². The smallest absolute Gasteiger partial charge is 0.410 e. The van der Waals surface area contributed by atoms with E-state index in [4.69, 9.17) is 4.74 Å². The Bertz CT molecular complexity index is 1430. The van der Waals surface area contributed by atoms with Gasteiger partial charge in [-0.15, -0.1) is 0 Å². The van der Waals surface area contributed by atoms with E-state index in [1.54, 1.807) is 20.5 Å². The van der Waals surface area contributed by atoms with Crippen LogP contribution >= 0.6 is 0 Å². The van der Waals surface area contributed by atoms with Crippen LogP contribution < -0.4 is 4.90 Å². The lowest BCUT2D eigenvalue weighted by molar-refractivity contribution is -0.124. The van der Waals surface area contributed by atoms with E-state index in [1.807, 2.05) is 63.1 Å². The Morgan fingerprint density at radius 1 is 1.16 bits per heavy atom. The highest BCUT2D eigenvalue weighted by atomic mass is 16.6. The third-order valence-corrected chi connectivity index (χ3v) is 7.84. The number of hydrogen-bond acceptors (Lipinski definition) is 6. The molecule has 5 heterocycles. The summed E-state index contributed by atoms with van der Waals surface area (Å²) in [4.78, 5) is 29.3. The molecule has 2 saturated heterocycles. The average Bonchev–Trinajstić information content (AvgIpc) is 3.27. The van der Waals surface area contributed by atoms with Crippen LogP contribution in [0.1, 0.15) is 46.6 Å². The number of anilines is 1. The number of carbonyl (C=O) groups is 2. The molecule has 1 aliphatic carbocycles. The molecule has 0 N–H and O–H groups in total. The number of ether oxygens (including phenoxy) is 1. The van der Waals surface area contributed by atoms with Crippen molar-refractivity contribution in [3.05, 3.63) is 36.9 Å². The van der Waals surface area contributed by atoms with Crippen molar-refractivity contribution in [2.24, 2.45) is 17.3 Å². The quantitative estimate of drug-likeness (QED) is 0.537. The van der Waals surface area contributed by atoms with E-state index in [0.717, 1.165) is 35.2 Å². The van der Waals surface area contributed by atoms with Crippen LogP contribution in [0.15, 0.2) is 36.9 Å². The van der Waals surface area contributed by atoms with E-state index >= 15 is 0 Å². The molecule has 10 heteroatoms. The Balaban J connectivity index is 1.22. The van der Waals surface area contributed by atoms with Gasteiger partial charge >= 0.3 is 6.09 Å². The lowest BCUT2D eigenvalue weighted by Crippen LogP contribution is -2.52. The van der Waals surface area contributed by atoms with Crippen LogP contribution in [0.4, 0.5) is 10.5 Å². The topological polar surface area (TPSA) is 109 Å². The Kier molecular flexibility index (Phi) is 5.13. The van der Waals surface area contributed by atoms with Crippen molar-refractivity contribution < 1.29 is 14.3 Å². The zero-order valence-electron chi connectivity index (χ0n) is 21.6. The average molecular weight is 502 g/mol. The lowest BCUT2D eigenvalue weighted by Gasteiger charge is -2.39. The van der Waals surface area contributed by atoms with Crippen molar-refractivity contribution in [1.82, 2.24) is 24.3 Å². The van der Waals surface area contributed by atoms with Crippen molar-refractivity contribution in [2.75, 3.05) is 24.5 Å². The monoisotopic (exact) mass is 501 g/mol. The largest absolute Gasteiger partial charge is 0.444 e. The van der Waals surface area contributed by atoms with Gasteiger partial charge < -0.3 is 14.5 Å². The first-order chi connectivity index (χ1) is 17.6. The van der Waals surface area contributed by atoms with Gasteiger partial charge in [0.1, 0.15) is 11.0 Å². The molecule has 0 unspecified atom stereocenters. The molecule has 0 bridgehead atoms. The van der Waals surface area contributed by atoms with E-state index in [9.17, 15) is 14.9 Å². The first-order valence-electron chi connectivity index (χ1n) is 12.8. The second-order valence-electron chi connectivity index (χ2n) is 11.6. The van der Waals surface area contributed by atoms with Crippen molar-refractivity contribution >= 4 is 23.2 Å². The van der Waals surface area contributed by atoms with Gasteiger partial charge in [0.25, 0.3) is 0 Å². The van der Waals surface area contributed by atoms with Crippen LogP contribution in [0.25, 0.3) is 16.6 Å². The summed E-state index contributed by atoms with van der Waals surface area (Å²) in [7, 11) is 0. The van der Waals surface area contributed by atoms with Crippen LogP contribution in [-0.2, 0) is 9.53 Å². The Hall–Kier alpha value is -3.87. The fourth-order valence-electron chi connectivity index (χ4n) is 5.68. The van der Waals surface area contributed by atoms with Crippen molar-refractivity contribution in [3.63, 3.8) is 0 Å². The summed E-state index contributed by atoms with van der Waals surface area (Å²) < 4.78 is 9.10. The van der Waals surface area contributed by atoms with Crippen LogP contribution in [0.5, 0.6) is 0 Å². The molecule has 3 aliphatic rings. The van der Waals surface area contributed by atoms with Gasteiger partial charge in [0.2, 0.25) is 5.91 Å². The zero-order chi connectivity index (χ0) is 26.1. The number of rotatable bonds is 4. The first kappa shape index (κ1) is 23.5. The van der Waals surface area contributed by atoms with Gasteiger partial charge in [0.05, 0.1) is 29.5 Å². The van der Waals surface area contributed by atoms with E-state index < -0.39 is 11.0 Å². The van der Waals surface area contributed by atoms with Gasteiger partial charge in [-0.05, 0) is 51.7 Å². The van der Waals surface area contributed by atoms with Crippen molar-refractivity contribution in [1.29, 1.82) is 5.26 Å². The van der Waals surface area contributed by atoms with Crippen molar-refractivity contribution in [2.45, 2.75) is 52.2 Å². The summed E-state index contributed by atoms with van der Waals surface area (Å²) in [6, 6.07) is 6.37. The summed E-state index contributed by atoms with van der Waals surface area (Å²) in [5, 5.41) is 19.0. The van der Waals surface area contributed by atoms with E-state index in [0.29, 0.717) is 19.6 Å². The molecule has 37 heavy (non-hydrogen) atoms. The highest BCUT2D eigenvalue weighted by Crippen LogP contribution is 2.54. The van der Waals surface area contributed by atoms with Gasteiger partial charge in [0, 0.05) is 55.3 Å². The third kappa shape index (κ3) is 3.76. The summed E-state index contributed by atoms with van der Waals surface area (Å²) in [6.07, 6.45) is 8.98. The van der Waals surface area contributed by atoms with Crippen LogP contribution in [0, 0.1) is 28.6 Å². The summed E-state index contributed by atoms with van der Waals surface area (Å²) >= 11 is 0. The molecule has 2 amide bonds. The molecule has 6 rings (SSSR count). The fourth-order valence-corrected chi connectivity index (χ4v) is 5.68. The Morgan fingerprint density at radius 3 is 2.59 bits per heavy atom. The number of carbonyl (C=O) groups excluding carboxylic acids is 2. The van der Waals surface area contributed by atoms with Gasteiger partial charge in [-0.1, -0.05) is 6.92 Å². The summed E-state index contributed by atoms with van der Waals surface area (Å²) in [6.45, 7) is 9.22. The van der Waals surface area contributed by atoms with Crippen molar-refractivity contribution in [3.8, 4) is 17.2 Å².